The van der Waals surface area contributed by atoms with Crippen LogP contribution >= 0.6 is 15.9 Å². The normalized spacial score (nSPS) is 10.2. The third kappa shape index (κ3) is 6.70. The molecular weight excluding hydrogens is 322 g/mol. The molecule has 1 aromatic carbocycles. The summed E-state index contributed by atoms with van der Waals surface area (Å²) in [6.07, 6.45) is 4.86. The molecule has 110 valence electrons. The number of hydrogen-bond acceptors (Lipinski definition) is 2. The lowest BCUT2D eigenvalue weighted by atomic mass is 10.1. The van der Waals surface area contributed by atoms with Gasteiger partial charge in [-0.05, 0) is 40.9 Å². The van der Waals surface area contributed by atoms with Crippen molar-refractivity contribution >= 4 is 27.8 Å². The highest BCUT2D eigenvalue weighted by Gasteiger charge is 2.07. The van der Waals surface area contributed by atoms with E-state index in [1.54, 1.807) is 6.07 Å². The second kappa shape index (κ2) is 9.53. The van der Waals surface area contributed by atoms with Gasteiger partial charge < -0.3 is 10.4 Å². The van der Waals surface area contributed by atoms with Crippen molar-refractivity contribution in [1.82, 2.24) is 5.32 Å². The van der Waals surface area contributed by atoms with Crippen molar-refractivity contribution in [2.24, 2.45) is 0 Å². The zero-order valence-corrected chi connectivity index (χ0v) is 13.0. The molecule has 1 aromatic rings. The Morgan fingerprint density at radius 2 is 1.70 bits per heavy atom. The molecule has 0 bridgehead atoms. The molecule has 0 aromatic heterocycles. The van der Waals surface area contributed by atoms with E-state index in [0.717, 1.165) is 36.6 Å². The molecule has 0 aliphatic rings. The molecule has 2 N–H and O–H groups in total. The predicted molar refractivity (Wildman–Crippen MR) is 81.8 cm³/mol. The lowest BCUT2D eigenvalue weighted by Crippen LogP contribution is -2.24. The Morgan fingerprint density at radius 3 is 2.40 bits per heavy atom. The zero-order valence-electron chi connectivity index (χ0n) is 11.4. The van der Waals surface area contributed by atoms with Gasteiger partial charge in [-0.25, -0.2) is 0 Å². The topological polar surface area (TPSA) is 66.4 Å². The highest BCUT2D eigenvalue weighted by atomic mass is 79.9. The van der Waals surface area contributed by atoms with Gasteiger partial charge in [0.05, 0.1) is 5.56 Å². The molecular formula is C15H20BrNO3. The Labute approximate surface area is 127 Å². The first kappa shape index (κ1) is 16.7. The molecule has 0 heterocycles. The first-order valence-electron chi connectivity index (χ1n) is 6.86. The van der Waals surface area contributed by atoms with E-state index in [9.17, 15) is 9.59 Å². The molecule has 5 heteroatoms. The van der Waals surface area contributed by atoms with Crippen molar-refractivity contribution in [2.75, 3.05) is 6.54 Å². The number of unbranched alkanes of at least 4 members (excludes halogenated alkanes) is 4. The van der Waals surface area contributed by atoms with E-state index in [4.69, 9.17) is 5.11 Å². The van der Waals surface area contributed by atoms with E-state index in [1.807, 2.05) is 18.2 Å². The smallest absolute Gasteiger partial charge is 0.303 e. The van der Waals surface area contributed by atoms with Gasteiger partial charge in [0.25, 0.3) is 5.91 Å². The number of aliphatic carboxylic acids is 1. The number of nitrogens with one attached hydrogen (secondary N) is 1. The van der Waals surface area contributed by atoms with E-state index in [-0.39, 0.29) is 12.3 Å². The molecule has 4 nitrogen and oxygen atoms in total. The van der Waals surface area contributed by atoms with Crippen molar-refractivity contribution in [3.63, 3.8) is 0 Å². The van der Waals surface area contributed by atoms with Gasteiger partial charge in [-0.2, -0.15) is 0 Å². The number of carbonyl (C=O) groups is 2. The summed E-state index contributed by atoms with van der Waals surface area (Å²) in [6.45, 7) is 0.652. The van der Waals surface area contributed by atoms with E-state index in [2.05, 4.69) is 21.2 Å². The number of carbonyl (C=O) groups excluding carboxylic acids is 1. The molecule has 0 saturated carbocycles. The summed E-state index contributed by atoms with van der Waals surface area (Å²) in [6, 6.07) is 7.34. The molecule has 0 saturated heterocycles. The Kier molecular flexibility index (Phi) is 7.95. The molecule has 0 aliphatic heterocycles. The highest BCUT2D eigenvalue weighted by Crippen LogP contribution is 2.15. The van der Waals surface area contributed by atoms with Gasteiger partial charge >= 0.3 is 5.97 Å². The van der Waals surface area contributed by atoms with Crippen LogP contribution in [-0.4, -0.2) is 23.5 Å². The minimum absolute atomic E-state index is 0.0663. The SMILES string of the molecule is O=C(O)CCCCCCCNC(=O)c1ccccc1Br. The number of halogens is 1. The van der Waals surface area contributed by atoms with E-state index >= 15 is 0 Å². The van der Waals surface area contributed by atoms with E-state index < -0.39 is 5.97 Å². The molecule has 20 heavy (non-hydrogen) atoms. The number of amides is 1. The molecule has 0 radical (unpaired) electrons. The Hall–Kier alpha value is -1.36. The molecule has 1 rings (SSSR count). The molecule has 0 spiro atoms. The fourth-order valence-electron chi connectivity index (χ4n) is 1.87. The van der Waals surface area contributed by atoms with Crippen LogP contribution in [0.15, 0.2) is 28.7 Å². The summed E-state index contributed by atoms with van der Waals surface area (Å²) in [4.78, 5) is 22.2. The third-order valence-electron chi connectivity index (χ3n) is 2.97. The molecule has 0 aliphatic carbocycles. The van der Waals surface area contributed by atoms with Gasteiger partial charge in [-0.1, -0.05) is 31.4 Å². The monoisotopic (exact) mass is 341 g/mol. The lowest BCUT2D eigenvalue weighted by Gasteiger charge is -2.06. The van der Waals surface area contributed by atoms with Crippen molar-refractivity contribution in [3.8, 4) is 0 Å². The molecule has 0 fully saturated rings. The summed E-state index contributed by atoms with van der Waals surface area (Å²) in [5.74, 6) is -0.797. The van der Waals surface area contributed by atoms with Gasteiger partial charge in [0, 0.05) is 17.4 Å². The quantitative estimate of drug-likeness (QED) is 0.674. The third-order valence-corrected chi connectivity index (χ3v) is 3.66. The minimum Gasteiger partial charge on any atom is -0.481 e. The second-order valence-electron chi connectivity index (χ2n) is 4.65. The first-order chi connectivity index (χ1) is 9.61. The second-order valence-corrected chi connectivity index (χ2v) is 5.50. The summed E-state index contributed by atoms with van der Waals surface area (Å²) in [5.41, 5.74) is 0.647. The van der Waals surface area contributed by atoms with Crippen LogP contribution in [0.3, 0.4) is 0 Å². The van der Waals surface area contributed by atoms with Crippen LogP contribution in [0.25, 0.3) is 0 Å². The highest BCUT2D eigenvalue weighted by molar-refractivity contribution is 9.10. The predicted octanol–water partition coefficient (Wildman–Crippen LogP) is 3.60. The lowest BCUT2D eigenvalue weighted by molar-refractivity contribution is -0.137. The summed E-state index contributed by atoms with van der Waals surface area (Å²) < 4.78 is 0.797. The van der Waals surface area contributed by atoms with Crippen LogP contribution in [0.1, 0.15) is 48.9 Å². The molecule has 1 amide bonds. The minimum atomic E-state index is -0.731. The maximum atomic E-state index is 11.9. The van der Waals surface area contributed by atoms with Crippen molar-refractivity contribution in [1.29, 1.82) is 0 Å². The van der Waals surface area contributed by atoms with Crippen LogP contribution < -0.4 is 5.32 Å². The summed E-state index contributed by atoms with van der Waals surface area (Å²) in [5, 5.41) is 11.4. The first-order valence-corrected chi connectivity index (χ1v) is 7.65. The Balaban J connectivity index is 2.08. The van der Waals surface area contributed by atoms with Crippen molar-refractivity contribution in [2.45, 2.75) is 38.5 Å². The fraction of sp³-hybridized carbons (Fsp3) is 0.467. The average molecular weight is 342 g/mol. The molecule has 0 atom stereocenters. The van der Waals surface area contributed by atoms with Crippen LogP contribution in [0.4, 0.5) is 0 Å². The molecule has 0 unspecified atom stereocenters. The zero-order chi connectivity index (χ0) is 14.8. The Bertz CT molecular complexity index is 448. The van der Waals surface area contributed by atoms with Gasteiger partial charge in [0.1, 0.15) is 0 Å². The maximum absolute atomic E-state index is 11.9. The summed E-state index contributed by atoms with van der Waals surface area (Å²) >= 11 is 3.35. The van der Waals surface area contributed by atoms with Crippen LogP contribution in [0.2, 0.25) is 0 Å². The van der Waals surface area contributed by atoms with Crippen LogP contribution in [0.5, 0.6) is 0 Å². The largest absolute Gasteiger partial charge is 0.481 e. The number of carboxylic acid groups (broad SMARTS) is 1. The van der Waals surface area contributed by atoms with Gasteiger partial charge in [-0.15, -0.1) is 0 Å². The number of hydrogen-bond donors (Lipinski definition) is 2. The van der Waals surface area contributed by atoms with Crippen LogP contribution in [-0.2, 0) is 4.79 Å². The van der Waals surface area contributed by atoms with Crippen molar-refractivity contribution < 1.29 is 14.7 Å². The standard InChI is InChI=1S/C15H20BrNO3/c16-13-9-6-5-8-12(13)15(20)17-11-7-3-1-2-4-10-14(18)19/h5-6,8-9H,1-4,7,10-11H2,(H,17,20)(H,18,19). The maximum Gasteiger partial charge on any atom is 0.303 e. The number of benzene rings is 1. The summed E-state index contributed by atoms with van der Waals surface area (Å²) in [7, 11) is 0. The number of carboxylic acids is 1. The Morgan fingerprint density at radius 1 is 1.05 bits per heavy atom. The van der Waals surface area contributed by atoms with Gasteiger partial charge in [-0.3, -0.25) is 9.59 Å². The van der Waals surface area contributed by atoms with Gasteiger partial charge in [0.2, 0.25) is 0 Å². The van der Waals surface area contributed by atoms with E-state index in [0.29, 0.717) is 12.1 Å². The van der Waals surface area contributed by atoms with Crippen LogP contribution in [0, 0.1) is 0 Å². The average Bonchev–Trinajstić information content (AvgIpc) is 2.41. The fourth-order valence-corrected chi connectivity index (χ4v) is 2.34. The van der Waals surface area contributed by atoms with E-state index in [1.165, 1.54) is 0 Å². The van der Waals surface area contributed by atoms with Gasteiger partial charge in [0.15, 0.2) is 0 Å². The number of rotatable bonds is 9. The van der Waals surface area contributed by atoms with Crippen molar-refractivity contribution in [3.05, 3.63) is 34.3 Å².